The van der Waals surface area contributed by atoms with Crippen molar-refractivity contribution >= 4 is 5.91 Å². The van der Waals surface area contributed by atoms with E-state index in [-0.39, 0.29) is 12.5 Å². The van der Waals surface area contributed by atoms with Gasteiger partial charge in [0.05, 0.1) is 12.6 Å². The van der Waals surface area contributed by atoms with Crippen LogP contribution in [0.2, 0.25) is 0 Å². The maximum absolute atomic E-state index is 13.1. The second kappa shape index (κ2) is 6.82. The molecule has 0 fully saturated rings. The number of carbonyl (C=O) groups excluding carboxylic acids is 1. The third-order valence-corrected chi connectivity index (χ3v) is 3.17. The van der Waals surface area contributed by atoms with Crippen LogP contribution in [0.25, 0.3) is 11.5 Å². The molecule has 2 aromatic rings. The summed E-state index contributed by atoms with van der Waals surface area (Å²) in [5, 5.41) is 11.4. The topological polar surface area (TPSA) is 75.4 Å². The monoisotopic (exact) mass is 328 g/mol. The minimum atomic E-state index is -4.85. The number of oxazole rings is 1. The molecule has 2 rings (SSSR count). The van der Waals surface area contributed by atoms with Gasteiger partial charge in [-0.05, 0) is 18.6 Å². The van der Waals surface area contributed by atoms with Gasteiger partial charge < -0.3 is 14.8 Å². The molecule has 1 heterocycles. The van der Waals surface area contributed by atoms with Crippen LogP contribution in [0, 0.1) is 0 Å². The van der Waals surface area contributed by atoms with Gasteiger partial charge in [-0.25, -0.2) is 4.98 Å². The summed E-state index contributed by atoms with van der Waals surface area (Å²) in [6.07, 6.45) is -4.49. The van der Waals surface area contributed by atoms with Crippen molar-refractivity contribution in [2.24, 2.45) is 0 Å². The Bertz CT molecular complexity index is 664. The number of nitrogens with one attached hydrogen (secondary N) is 1. The highest BCUT2D eigenvalue weighted by Gasteiger charge is 2.42. The van der Waals surface area contributed by atoms with E-state index in [0.29, 0.717) is 12.0 Å². The fraction of sp³-hybridized carbons (Fsp3) is 0.333. The molecule has 0 saturated heterocycles. The Morgan fingerprint density at radius 1 is 1.35 bits per heavy atom. The molecule has 0 aliphatic carbocycles. The van der Waals surface area contributed by atoms with E-state index < -0.39 is 29.6 Å². The predicted octanol–water partition coefficient (Wildman–Crippen LogP) is 2.86. The van der Waals surface area contributed by atoms with Crippen LogP contribution in [0.15, 0.2) is 34.7 Å². The Labute approximate surface area is 130 Å². The average molecular weight is 328 g/mol. The number of hydrogen-bond donors (Lipinski definition) is 2. The summed E-state index contributed by atoms with van der Waals surface area (Å²) in [5.41, 5.74) is -0.519. The van der Waals surface area contributed by atoms with E-state index in [2.05, 4.69) is 10.3 Å². The SMILES string of the molecule is CCC(CO)NC(=O)c1nc(-c2ccccc2)oc1C(F)(F)F. The van der Waals surface area contributed by atoms with E-state index in [0.717, 1.165) is 0 Å². The summed E-state index contributed by atoms with van der Waals surface area (Å²) in [6.45, 7) is 1.30. The smallest absolute Gasteiger partial charge is 0.431 e. The number of rotatable bonds is 5. The first-order chi connectivity index (χ1) is 10.9. The van der Waals surface area contributed by atoms with E-state index in [9.17, 15) is 18.0 Å². The van der Waals surface area contributed by atoms with E-state index in [1.165, 1.54) is 12.1 Å². The number of aliphatic hydroxyl groups excluding tert-OH is 1. The van der Waals surface area contributed by atoms with Gasteiger partial charge in [-0.1, -0.05) is 25.1 Å². The summed E-state index contributed by atoms with van der Waals surface area (Å²) in [7, 11) is 0. The molecule has 0 saturated carbocycles. The Kier molecular flexibility index (Phi) is 5.05. The molecule has 0 radical (unpaired) electrons. The minimum Gasteiger partial charge on any atom is -0.431 e. The fourth-order valence-corrected chi connectivity index (χ4v) is 1.90. The van der Waals surface area contributed by atoms with Gasteiger partial charge in [0.1, 0.15) is 0 Å². The summed E-state index contributed by atoms with van der Waals surface area (Å²) in [6, 6.07) is 7.32. The number of aromatic nitrogens is 1. The molecule has 23 heavy (non-hydrogen) atoms. The molecule has 2 N–H and O–H groups in total. The lowest BCUT2D eigenvalue weighted by Crippen LogP contribution is -2.37. The second-order valence-corrected chi connectivity index (χ2v) is 4.82. The Morgan fingerprint density at radius 3 is 2.52 bits per heavy atom. The summed E-state index contributed by atoms with van der Waals surface area (Å²) in [4.78, 5) is 15.7. The van der Waals surface area contributed by atoms with Crippen molar-refractivity contribution in [2.75, 3.05) is 6.61 Å². The van der Waals surface area contributed by atoms with Crippen molar-refractivity contribution in [3.8, 4) is 11.5 Å². The molecule has 5 nitrogen and oxygen atoms in total. The summed E-state index contributed by atoms with van der Waals surface area (Å²) >= 11 is 0. The van der Waals surface area contributed by atoms with Crippen LogP contribution in [0.5, 0.6) is 0 Å². The number of halogens is 3. The van der Waals surface area contributed by atoms with Crippen LogP contribution in [0.1, 0.15) is 29.6 Å². The van der Waals surface area contributed by atoms with Crippen LogP contribution >= 0.6 is 0 Å². The van der Waals surface area contributed by atoms with Crippen molar-refractivity contribution < 1.29 is 27.5 Å². The molecule has 0 bridgehead atoms. The van der Waals surface area contributed by atoms with E-state index in [1.807, 2.05) is 0 Å². The van der Waals surface area contributed by atoms with E-state index in [4.69, 9.17) is 9.52 Å². The first kappa shape index (κ1) is 17.0. The van der Waals surface area contributed by atoms with Crippen LogP contribution in [0.4, 0.5) is 13.2 Å². The van der Waals surface area contributed by atoms with Gasteiger partial charge in [0.15, 0.2) is 5.69 Å². The molecule has 0 aliphatic rings. The van der Waals surface area contributed by atoms with Gasteiger partial charge in [0.2, 0.25) is 11.7 Å². The van der Waals surface area contributed by atoms with Gasteiger partial charge in [0.25, 0.3) is 5.91 Å². The molecule has 8 heteroatoms. The zero-order valence-corrected chi connectivity index (χ0v) is 12.2. The van der Waals surface area contributed by atoms with E-state index in [1.54, 1.807) is 25.1 Å². The molecule has 1 aromatic carbocycles. The minimum absolute atomic E-state index is 0.292. The molecule has 1 unspecified atom stereocenters. The number of hydrogen-bond acceptors (Lipinski definition) is 4. The lowest BCUT2D eigenvalue weighted by atomic mass is 10.2. The molecular formula is C15H15F3N2O3. The summed E-state index contributed by atoms with van der Waals surface area (Å²) in [5.74, 6) is -2.79. The van der Waals surface area contributed by atoms with Gasteiger partial charge in [-0.3, -0.25) is 4.79 Å². The first-order valence-corrected chi connectivity index (χ1v) is 6.92. The Balaban J connectivity index is 2.41. The molecule has 1 aromatic heterocycles. The Hall–Kier alpha value is -2.35. The second-order valence-electron chi connectivity index (χ2n) is 4.82. The van der Waals surface area contributed by atoms with Crippen molar-refractivity contribution in [3.63, 3.8) is 0 Å². The van der Waals surface area contributed by atoms with Crippen LogP contribution in [-0.2, 0) is 6.18 Å². The van der Waals surface area contributed by atoms with Crippen LogP contribution in [-0.4, -0.2) is 28.6 Å². The molecular weight excluding hydrogens is 313 g/mol. The quantitative estimate of drug-likeness (QED) is 0.885. The average Bonchev–Trinajstić information content (AvgIpc) is 2.99. The standard InChI is InChI=1S/C15H15F3N2O3/c1-2-10(8-21)19-13(22)11-12(15(16,17)18)23-14(20-11)9-6-4-3-5-7-9/h3-7,10,21H,2,8H2,1H3,(H,19,22). The maximum atomic E-state index is 13.1. The normalized spacial score (nSPS) is 12.9. The van der Waals surface area contributed by atoms with Crippen LogP contribution in [0.3, 0.4) is 0 Å². The van der Waals surface area contributed by atoms with Gasteiger partial charge in [-0.2, -0.15) is 13.2 Å². The molecule has 0 spiro atoms. The molecule has 0 aliphatic heterocycles. The van der Waals surface area contributed by atoms with E-state index >= 15 is 0 Å². The third kappa shape index (κ3) is 3.89. The lowest BCUT2D eigenvalue weighted by Gasteiger charge is -2.13. The highest BCUT2D eigenvalue weighted by molar-refractivity contribution is 5.94. The summed E-state index contributed by atoms with van der Waals surface area (Å²) < 4.78 is 44.0. The number of benzene rings is 1. The van der Waals surface area contributed by atoms with Crippen molar-refractivity contribution in [2.45, 2.75) is 25.6 Å². The highest BCUT2D eigenvalue weighted by Crippen LogP contribution is 2.35. The lowest BCUT2D eigenvalue weighted by molar-refractivity contribution is -0.153. The zero-order chi connectivity index (χ0) is 17.0. The number of aliphatic hydroxyl groups is 1. The van der Waals surface area contributed by atoms with Crippen molar-refractivity contribution in [1.82, 2.24) is 10.3 Å². The molecule has 124 valence electrons. The predicted molar refractivity (Wildman–Crippen MR) is 75.6 cm³/mol. The Morgan fingerprint density at radius 2 is 2.00 bits per heavy atom. The van der Waals surface area contributed by atoms with Gasteiger partial charge in [-0.15, -0.1) is 0 Å². The van der Waals surface area contributed by atoms with Crippen molar-refractivity contribution in [1.29, 1.82) is 0 Å². The van der Waals surface area contributed by atoms with Gasteiger partial charge in [0, 0.05) is 5.56 Å². The third-order valence-electron chi connectivity index (χ3n) is 3.17. The first-order valence-electron chi connectivity index (χ1n) is 6.92. The molecule has 1 atom stereocenters. The maximum Gasteiger partial charge on any atom is 0.452 e. The number of alkyl halides is 3. The molecule has 1 amide bonds. The fourth-order valence-electron chi connectivity index (χ4n) is 1.90. The van der Waals surface area contributed by atoms with Gasteiger partial charge >= 0.3 is 6.18 Å². The number of amides is 1. The largest absolute Gasteiger partial charge is 0.452 e. The zero-order valence-electron chi connectivity index (χ0n) is 12.2. The number of nitrogens with zero attached hydrogens (tertiary/aromatic N) is 1. The number of carbonyl (C=O) groups is 1. The van der Waals surface area contributed by atoms with Crippen molar-refractivity contribution in [3.05, 3.63) is 41.8 Å². The van der Waals surface area contributed by atoms with Crippen LogP contribution < -0.4 is 5.32 Å². The highest BCUT2D eigenvalue weighted by atomic mass is 19.4.